The van der Waals surface area contributed by atoms with E-state index in [0.717, 1.165) is 11.3 Å². The number of carbonyl (C=O) groups excluding carboxylic acids is 1. The summed E-state index contributed by atoms with van der Waals surface area (Å²) >= 11 is 0. The molecule has 2 rings (SSSR count). The van der Waals surface area contributed by atoms with Crippen LogP contribution < -0.4 is 4.90 Å². The second kappa shape index (κ2) is 5.04. The average molecular weight is 245 g/mol. The lowest BCUT2D eigenvalue weighted by molar-refractivity contribution is -0.137. The monoisotopic (exact) mass is 245 g/mol. The van der Waals surface area contributed by atoms with E-state index in [1.54, 1.807) is 11.0 Å². The van der Waals surface area contributed by atoms with Gasteiger partial charge in [0, 0.05) is 24.6 Å². The molecule has 0 bridgehead atoms. The number of para-hydroxylation sites is 1. The van der Waals surface area contributed by atoms with E-state index in [2.05, 4.69) is 6.58 Å². The third-order valence-corrected chi connectivity index (χ3v) is 3.12. The van der Waals surface area contributed by atoms with Gasteiger partial charge in [-0.3, -0.25) is 9.59 Å². The molecule has 0 fully saturated rings. The number of amides is 1. The number of hydrogen-bond acceptors (Lipinski definition) is 2. The van der Waals surface area contributed by atoms with Crippen LogP contribution in [0.25, 0.3) is 0 Å². The van der Waals surface area contributed by atoms with Crippen LogP contribution in [0.5, 0.6) is 0 Å². The Morgan fingerprint density at radius 3 is 2.89 bits per heavy atom. The Labute approximate surface area is 106 Å². The van der Waals surface area contributed by atoms with Crippen molar-refractivity contribution in [3.8, 4) is 0 Å². The molecule has 1 N–H and O–H groups in total. The zero-order valence-corrected chi connectivity index (χ0v) is 10.0. The summed E-state index contributed by atoms with van der Waals surface area (Å²) in [6.45, 7) is 4.10. The fourth-order valence-corrected chi connectivity index (χ4v) is 2.37. The summed E-state index contributed by atoms with van der Waals surface area (Å²) in [4.78, 5) is 24.5. The van der Waals surface area contributed by atoms with Crippen molar-refractivity contribution in [1.82, 2.24) is 0 Å². The van der Waals surface area contributed by atoms with E-state index in [1.807, 2.05) is 24.3 Å². The Morgan fingerprint density at radius 2 is 2.22 bits per heavy atom. The van der Waals surface area contributed by atoms with Crippen molar-refractivity contribution in [2.75, 3.05) is 11.4 Å². The molecule has 0 radical (unpaired) electrons. The standard InChI is InChI=1S/C14H15NO3/c1-2-7-15-12-6-4-3-5-11(12)10(8-13(15)16)9-14(17)18/h2-6,10H,1,7-9H2,(H,17,18). The quantitative estimate of drug-likeness (QED) is 0.827. The van der Waals surface area contributed by atoms with Crippen LogP contribution in [-0.2, 0) is 9.59 Å². The van der Waals surface area contributed by atoms with Crippen LogP contribution in [0.2, 0.25) is 0 Å². The van der Waals surface area contributed by atoms with Crippen molar-refractivity contribution < 1.29 is 14.7 Å². The number of benzene rings is 1. The highest BCUT2D eigenvalue weighted by Crippen LogP contribution is 2.37. The Hall–Kier alpha value is -2.10. The molecule has 1 aromatic rings. The summed E-state index contributed by atoms with van der Waals surface area (Å²) in [7, 11) is 0. The van der Waals surface area contributed by atoms with Gasteiger partial charge < -0.3 is 10.0 Å². The molecule has 0 aliphatic carbocycles. The number of aliphatic carboxylic acids is 1. The number of nitrogens with zero attached hydrogens (tertiary/aromatic N) is 1. The third-order valence-electron chi connectivity index (χ3n) is 3.12. The van der Waals surface area contributed by atoms with Gasteiger partial charge in [0.25, 0.3) is 0 Å². The molecular formula is C14H15NO3. The van der Waals surface area contributed by atoms with Gasteiger partial charge in [-0.1, -0.05) is 24.3 Å². The predicted molar refractivity (Wildman–Crippen MR) is 68.6 cm³/mol. The zero-order valence-electron chi connectivity index (χ0n) is 10.0. The van der Waals surface area contributed by atoms with Crippen LogP contribution >= 0.6 is 0 Å². The minimum Gasteiger partial charge on any atom is -0.481 e. The molecule has 0 saturated heterocycles. The Kier molecular flexibility index (Phi) is 3.46. The molecule has 1 amide bonds. The Morgan fingerprint density at radius 1 is 1.50 bits per heavy atom. The highest BCUT2D eigenvalue weighted by atomic mass is 16.4. The highest BCUT2D eigenvalue weighted by Gasteiger charge is 2.31. The molecular weight excluding hydrogens is 230 g/mol. The van der Waals surface area contributed by atoms with Gasteiger partial charge in [0.05, 0.1) is 6.42 Å². The lowest BCUT2D eigenvalue weighted by Gasteiger charge is -2.32. The summed E-state index contributed by atoms with van der Waals surface area (Å²) in [6.07, 6.45) is 1.91. The van der Waals surface area contributed by atoms with Crippen molar-refractivity contribution in [1.29, 1.82) is 0 Å². The normalized spacial score (nSPS) is 18.3. The SMILES string of the molecule is C=CCN1C(=O)CC(CC(=O)O)c2ccccc21. The van der Waals surface area contributed by atoms with Crippen LogP contribution in [0.4, 0.5) is 5.69 Å². The Balaban J connectivity index is 2.40. The fourth-order valence-electron chi connectivity index (χ4n) is 2.37. The van der Waals surface area contributed by atoms with Crippen molar-refractivity contribution in [2.24, 2.45) is 0 Å². The maximum Gasteiger partial charge on any atom is 0.303 e. The van der Waals surface area contributed by atoms with Gasteiger partial charge in [0.15, 0.2) is 0 Å². The van der Waals surface area contributed by atoms with Gasteiger partial charge >= 0.3 is 5.97 Å². The van der Waals surface area contributed by atoms with Crippen LogP contribution in [0.1, 0.15) is 24.3 Å². The smallest absolute Gasteiger partial charge is 0.303 e. The molecule has 1 heterocycles. The second-order valence-electron chi connectivity index (χ2n) is 4.35. The number of carboxylic acids is 1. The first-order valence-corrected chi connectivity index (χ1v) is 5.85. The minimum atomic E-state index is -0.875. The topological polar surface area (TPSA) is 57.6 Å². The highest BCUT2D eigenvalue weighted by molar-refractivity contribution is 5.97. The number of carbonyl (C=O) groups is 2. The molecule has 1 aromatic carbocycles. The lowest BCUT2D eigenvalue weighted by Crippen LogP contribution is -2.37. The van der Waals surface area contributed by atoms with Crippen molar-refractivity contribution in [3.05, 3.63) is 42.5 Å². The van der Waals surface area contributed by atoms with E-state index in [-0.39, 0.29) is 24.7 Å². The van der Waals surface area contributed by atoms with Crippen LogP contribution in [0.15, 0.2) is 36.9 Å². The molecule has 0 spiro atoms. The maximum absolute atomic E-state index is 12.0. The Bertz CT molecular complexity index is 496. The number of anilines is 1. The van der Waals surface area contributed by atoms with Crippen molar-refractivity contribution in [2.45, 2.75) is 18.8 Å². The first kappa shape index (κ1) is 12.4. The van der Waals surface area contributed by atoms with Gasteiger partial charge in [-0.2, -0.15) is 0 Å². The van der Waals surface area contributed by atoms with E-state index in [4.69, 9.17) is 5.11 Å². The van der Waals surface area contributed by atoms with E-state index < -0.39 is 5.97 Å². The van der Waals surface area contributed by atoms with E-state index >= 15 is 0 Å². The van der Waals surface area contributed by atoms with Gasteiger partial charge in [-0.25, -0.2) is 0 Å². The van der Waals surface area contributed by atoms with Crippen molar-refractivity contribution >= 4 is 17.6 Å². The molecule has 4 heteroatoms. The lowest BCUT2D eigenvalue weighted by atomic mass is 9.87. The third kappa shape index (κ3) is 2.27. The fraction of sp³-hybridized carbons (Fsp3) is 0.286. The maximum atomic E-state index is 12.0. The predicted octanol–water partition coefficient (Wildman–Crippen LogP) is 2.17. The van der Waals surface area contributed by atoms with Gasteiger partial charge in [-0.15, -0.1) is 6.58 Å². The van der Waals surface area contributed by atoms with E-state index in [0.29, 0.717) is 6.54 Å². The molecule has 1 atom stereocenters. The molecule has 94 valence electrons. The van der Waals surface area contributed by atoms with Crippen LogP contribution in [-0.4, -0.2) is 23.5 Å². The number of rotatable bonds is 4. The largest absolute Gasteiger partial charge is 0.481 e. The second-order valence-corrected chi connectivity index (χ2v) is 4.35. The summed E-state index contributed by atoms with van der Waals surface area (Å²) in [5.41, 5.74) is 1.74. The number of fused-ring (bicyclic) bond motifs is 1. The molecule has 18 heavy (non-hydrogen) atoms. The first-order valence-electron chi connectivity index (χ1n) is 5.85. The summed E-state index contributed by atoms with van der Waals surface area (Å²) in [5, 5.41) is 8.91. The van der Waals surface area contributed by atoms with E-state index in [9.17, 15) is 9.59 Å². The molecule has 4 nitrogen and oxygen atoms in total. The van der Waals surface area contributed by atoms with Gasteiger partial charge in [0.2, 0.25) is 5.91 Å². The average Bonchev–Trinajstić information content (AvgIpc) is 2.33. The molecule has 1 aliphatic rings. The number of hydrogen-bond donors (Lipinski definition) is 1. The molecule has 0 saturated carbocycles. The van der Waals surface area contributed by atoms with Crippen molar-refractivity contribution in [3.63, 3.8) is 0 Å². The zero-order chi connectivity index (χ0) is 13.1. The summed E-state index contributed by atoms with van der Waals surface area (Å²) in [6, 6.07) is 7.47. The molecule has 1 unspecified atom stereocenters. The van der Waals surface area contributed by atoms with Gasteiger partial charge in [0.1, 0.15) is 0 Å². The molecule has 0 aromatic heterocycles. The number of carboxylic acid groups (broad SMARTS) is 1. The summed E-state index contributed by atoms with van der Waals surface area (Å²) < 4.78 is 0. The van der Waals surface area contributed by atoms with Crippen LogP contribution in [0.3, 0.4) is 0 Å². The van der Waals surface area contributed by atoms with Gasteiger partial charge in [-0.05, 0) is 11.6 Å². The van der Waals surface area contributed by atoms with Crippen LogP contribution in [0, 0.1) is 0 Å². The summed E-state index contributed by atoms with van der Waals surface area (Å²) in [5.74, 6) is -1.15. The minimum absolute atomic E-state index is 0.00924. The molecule has 1 aliphatic heterocycles. The van der Waals surface area contributed by atoms with E-state index in [1.165, 1.54) is 0 Å². The first-order chi connectivity index (χ1) is 8.63.